The standard InChI is InChI=1S/C21H18FN5O3S2/c1-26(2)32(29,30)17-10-8-15(9-11-17)23-21(28)19-24-20(18-7-4-12-31-18)27(25-19)16-6-3-5-14(22)13-16/h3-13H,1-2H3,(H,23,28). The normalized spacial score (nSPS) is 11.6. The van der Waals surface area contributed by atoms with Gasteiger partial charge in [0.1, 0.15) is 5.82 Å². The minimum absolute atomic E-state index is 0.106. The Kier molecular flexibility index (Phi) is 5.87. The number of sulfonamides is 1. The number of anilines is 1. The lowest BCUT2D eigenvalue weighted by Gasteiger charge is -2.11. The molecule has 0 aliphatic rings. The van der Waals surface area contributed by atoms with Gasteiger partial charge in [-0.2, -0.15) is 0 Å². The van der Waals surface area contributed by atoms with Crippen LogP contribution in [0.1, 0.15) is 10.6 Å². The first-order valence-electron chi connectivity index (χ1n) is 9.36. The Labute approximate surface area is 188 Å². The Morgan fingerprint density at radius 3 is 2.47 bits per heavy atom. The SMILES string of the molecule is CN(C)S(=O)(=O)c1ccc(NC(=O)c2nc(-c3cccs3)n(-c3cccc(F)c3)n2)cc1. The molecule has 1 N–H and O–H groups in total. The van der Waals surface area contributed by atoms with Crippen LogP contribution >= 0.6 is 11.3 Å². The second-order valence-electron chi connectivity index (χ2n) is 6.89. The maximum atomic E-state index is 13.8. The highest BCUT2D eigenvalue weighted by Crippen LogP contribution is 2.26. The fourth-order valence-electron chi connectivity index (χ4n) is 2.87. The summed E-state index contributed by atoms with van der Waals surface area (Å²) in [5, 5.41) is 8.81. The second-order valence-corrected chi connectivity index (χ2v) is 9.99. The van der Waals surface area contributed by atoms with Crippen LogP contribution in [0.3, 0.4) is 0 Å². The highest BCUT2D eigenvalue weighted by Gasteiger charge is 2.21. The molecular formula is C21H18FN5O3S2. The quantitative estimate of drug-likeness (QED) is 0.463. The van der Waals surface area contributed by atoms with Crippen molar-refractivity contribution in [2.24, 2.45) is 0 Å². The Hall–Kier alpha value is -3.41. The molecule has 4 rings (SSSR count). The van der Waals surface area contributed by atoms with Crippen molar-refractivity contribution in [2.45, 2.75) is 4.90 Å². The summed E-state index contributed by atoms with van der Waals surface area (Å²) in [6.45, 7) is 0. The van der Waals surface area contributed by atoms with Crippen molar-refractivity contribution >= 4 is 33.0 Å². The molecule has 0 bridgehead atoms. The largest absolute Gasteiger partial charge is 0.319 e. The zero-order valence-corrected chi connectivity index (χ0v) is 18.7. The van der Waals surface area contributed by atoms with E-state index in [1.807, 2.05) is 17.5 Å². The number of benzene rings is 2. The number of carbonyl (C=O) groups excluding carboxylic acids is 1. The molecule has 0 unspecified atom stereocenters. The van der Waals surface area contributed by atoms with Crippen LogP contribution in [0.5, 0.6) is 0 Å². The van der Waals surface area contributed by atoms with Crippen LogP contribution in [-0.4, -0.2) is 47.5 Å². The van der Waals surface area contributed by atoms with Gasteiger partial charge in [0.2, 0.25) is 15.8 Å². The molecule has 2 aromatic carbocycles. The molecule has 32 heavy (non-hydrogen) atoms. The molecule has 0 aliphatic heterocycles. The number of rotatable bonds is 6. The van der Waals surface area contributed by atoms with Gasteiger partial charge in [-0.3, -0.25) is 4.79 Å². The molecule has 0 atom stereocenters. The van der Waals surface area contributed by atoms with Gasteiger partial charge in [-0.25, -0.2) is 26.8 Å². The molecule has 0 saturated heterocycles. The summed E-state index contributed by atoms with van der Waals surface area (Å²) >= 11 is 1.41. The van der Waals surface area contributed by atoms with Gasteiger partial charge in [0.25, 0.3) is 5.91 Å². The van der Waals surface area contributed by atoms with Crippen LogP contribution in [0.25, 0.3) is 16.4 Å². The summed E-state index contributed by atoms with van der Waals surface area (Å²) < 4.78 is 40.7. The Morgan fingerprint density at radius 2 is 1.84 bits per heavy atom. The van der Waals surface area contributed by atoms with E-state index in [0.29, 0.717) is 17.2 Å². The molecule has 2 heterocycles. The number of halogens is 1. The third-order valence-electron chi connectivity index (χ3n) is 4.50. The van der Waals surface area contributed by atoms with Crippen LogP contribution in [0.4, 0.5) is 10.1 Å². The first kappa shape index (κ1) is 21.8. The molecule has 0 saturated carbocycles. The maximum Gasteiger partial charge on any atom is 0.295 e. The third-order valence-corrected chi connectivity index (χ3v) is 7.19. The minimum Gasteiger partial charge on any atom is -0.319 e. The minimum atomic E-state index is -3.57. The van der Waals surface area contributed by atoms with E-state index in [1.54, 1.807) is 12.1 Å². The number of hydrogen-bond acceptors (Lipinski definition) is 6. The molecule has 4 aromatic rings. The van der Waals surface area contributed by atoms with Crippen molar-refractivity contribution in [1.29, 1.82) is 0 Å². The lowest BCUT2D eigenvalue weighted by Crippen LogP contribution is -2.22. The Balaban J connectivity index is 1.64. The predicted octanol–water partition coefficient (Wildman–Crippen LogP) is 3.64. The predicted molar refractivity (Wildman–Crippen MR) is 120 cm³/mol. The van der Waals surface area contributed by atoms with E-state index < -0.39 is 21.7 Å². The summed E-state index contributed by atoms with van der Waals surface area (Å²) in [6.07, 6.45) is 0. The lowest BCUT2D eigenvalue weighted by atomic mass is 10.3. The molecule has 0 radical (unpaired) electrons. The average molecular weight is 472 g/mol. The van der Waals surface area contributed by atoms with Gasteiger partial charge in [-0.15, -0.1) is 16.4 Å². The van der Waals surface area contributed by atoms with Crippen molar-refractivity contribution in [1.82, 2.24) is 19.1 Å². The number of nitrogens with one attached hydrogen (secondary N) is 1. The molecule has 11 heteroatoms. The van der Waals surface area contributed by atoms with Crippen molar-refractivity contribution in [3.63, 3.8) is 0 Å². The highest BCUT2D eigenvalue weighted by atomic mass is 32.2. The number of carbonyl (C=O) groups is 1. The van der Waals surface area contributed by atoms with E-state index >= 15 is 0 Å². The van der Waals surface area contributed by atoms with E-state index in [2.05, 4.69) is 15.4 Å². The van der Waals surface area contributed by atoms with E-state index in [0.717, 1.165) is 9.18 Å². The van der Waals surface area contributed by atoms with Gasteiger partial charge in [-0.1, -0.05) is 12.1 Å². The summed E-state index contributed by atoms with van der Waals surface area (Å²) in [6, 6.07) is 15.3. The van der Waals surface area contributed by atoms with Gasteiger partial charge in [0.15, 0.2) is 5.82 Å². The van der Waals surface area contributed by atoms with Gasteiger partial charge >= 0.3 is 0 Å². The van der Waals surface area contributed by atoms with Gasteiger partial charge in [-0.05, 0) is 53.9 Å². The van der Waals surface area contributed by atoms with Gasteiger partial charge in [0.05, 0.1) is 15.5 Å². The maximum absolute atomic E-state index is 13.8. The fourth-order valence-corrected chi connectivity index (χ4v) is 4.47. The van der Waals surface area contributed by atoms with Crippen molar-refractivity contribution in [3.05, 3.63) is 77.7 Å². The summed E-state index contributed by atoms with van der Waals surface area (Å²) in [5.74, 6) is -0.721. The van der Waals surface area contributed by atoms with Gasteiger partial charge < -0.3 is 5.32 Å². The highest BCUT2D eigenvalue weighted by molar-refractivity contribution is 7.89. The summed E-state index contributed by atoms with van der Waals surface area (Å²) in [7, 11) is -0.690. The zero-order chi connectivity index (χ0) is 22.9. The van der Waals surface area contributed by atoms with E-state index in [1.165, 1.54) is 66.5 Å². The van der Waals surface area contributed by atoms with Crippen LogP contribution in [0.15, 0.2) is 70.9 Å². The first-order chi connectivity index (χ1) is 15.3. The second kappa shape index (κ2) is 8.61. The fraction of sp³-hybridized carbons (Fsp3) is 0.0952. The van der Waals surface area contributed by atoms with E-state index in [-0.39, 0.29) is 10.7 Å². The van der Waals surface area contributed by atoms with Crippen LogP contribution in [-0.2, 0) is 10.0 Å². The lowest BCUT2D eigenvalue weighted by molar-refractivity contribution is 0.101. The Bertz CT molecular complexity index is 1360. The molecule has 2 aromatic heterocycles. The van der Waals surface area contributed by atoms with E-state index in [9.17, 15) is 17.6 Å². The first-order valence-corrected chi connectivity index (χ1v) is 11.7. The van der Waals surface area contributed by atoms with E-state index in [4.69, 9.17) is 0 Å². The number of aromatic nitrogens is 3. The smallest absolute Gasteiger partial charge is 0.295 e. The number of hydrogen-bond donors (Lipinski definition) is 1. The topological polar surface area (TPSA) is 97.2 Å². The molecule has 8 nitrogen and oxygen atoms in total. The number of nitrogens with zero attached hydrogens (tertiary/aromatic N) is 4. The molecule has 0 fully saturated rings. The van der Waals surface area contributed by atoms with Crippen molar-refractivity contribution in [3.8, 4) is 16.4 Å². The summed E-state index contributed by atoms with van der Waals surface area (Å²) in [4.78, 5) is 18.0. The molecule has 0 spiro atoms. The van der Waals surface area contributed by atoms with Crippen LogP contribution in [0.2, 0.25) is 0 Å². The molecule has 1 amide bonds. The summed E-state index contributed by atoms with van der Waals surface area (Å²) in [5.41, 5.74) is 0.811. The Morgan fingerprint density at radius 1 is 1.09 bits per heavy atom. The van der Waals surface area contributed by atoms with Crippen LogP contribution < -0.4 is 5.32 Å². The number of thiophene rings is 1. The molecular weight excluding hydrogens is 453 g/mol. The molecule has 0 aliphatic carbocycles. The van der Waals surface area contributed by atoms with Crippen LogP contribution in [0, 0.1) is 5.82 Å². The van der Waals surface area contributed by atoms with Crippen molar-refractivity contribution in [2.75, 3.05) is 19.4 Å². The third kappa shape index (κ3) is 4.31. The zero-order valence-electron chi connectivity index (χ0n) is 17.1. The number of amides is 1. The van der Waals surface area contributed by atoms with Crippen molar-refractivity contribution < 1.29 is 17.6 Å². The monoisotopic (exact) mass is 471 g/mol. The van der Waals surface area contributed by atoms with Gasteiger partial charge in [0, 0.05) is 19.8 Å². The molecule has 164 valence electrons. The average Bonchev–Trinajstić information content (AvgIpc) is 3.44.